The molecule has 2 aliphatic heterocycles. The molecule has 0 aromatic heterocycles. The molecule has 2 heterocycles. The Labute approximate surface area is 142 Å². The minimum absolute atomic E-state index is 0.256. The number of benzene rings is 2. The van der Waals surface area contributed by atoms with Crippen LogP contribution in [-0.4, -0.2) is 28.6 Å². The fourth-order valence-corrected chi connectivity index (χ4v) is 4.14. The van der Waals surface area contributed by atoms with Gasteiger partial charge in [0.2, 0.25) is 0 Å². The fraction of sp³-hybridized carbons (Fsp3) is 0.167. The Morgan fingerprint density at radius 2 is 1.62 bits per heavy atom. The predicted octanol–water partition coefficient (Wildman–Crippen LogP) is 2.77. The average molecular weight is 339 g/mol. The number of nitrogens with zero attached hydrogens (tertiary/aromatic N) is 1. The second-order valence-corrected chi connectivity index (χ2v) is 6.77. The van der Waals surface area contributed by atoms with E-state index in [-0.39, 0.29) is 11.1 Å². The Morgan fingerprint density at radius 1 is 1.00 bits per heavy atom. The van der Waals surface area contributed by atoms with Crippen LogP contribution in [0.4, 0.5) is 0 Å². The lowest BCUT2D eigenvalue weighted by atomic mass is 10.0. The number of hydrogen-bond acceptors (Lipinski definition) is 5. The van der Waals surface area contributed by atoms with Crippen molar-refractivity contribution in [3.8, 4) is 0 Å². The first kappa shape index (κ1) is 15.0. The van der Waals surface area contributed by atoms with Crippen molar-refractivity contribution in [3.63, 3.8) is 0 Å². The number of hydroxylamine groups is 2. The zero-order valence-corrected chi connectivity index (χ0v) is 13.4. The summed E-state index contributed by atoms with van der Waals surface area (Å²) >= 11 is 1.46. The molecule has 24 heavy (non-hydrogen) atoms. The summed E-state index contributed by atoms with van der Waals surface area (Å²) in [5.74, 6) is -1.00. The van der Waals surface area contributed by atoms with Gasteiger partial charge >= 0.3 is 5.97 Å². The van der Waals surface area contributed by atoms with Gasteiger partial charge in [-0.05, 0) is 35.4 Å². The second-order valence-electron chi connectivity index (χ2n) is 5.56. The molecular formula is C18H13NO4S. The number of amides is 2. The molecule has 2 aliphatic rings. The molecule has 0 fully saturated rings. The molecule has 0 saturated carbocycles. The number of rotatable bonds is 2. The molecule has 120 valence electrons. The zero-order valence-electron chi connectivity index (χ0n) is 12.6. The summed E-state index contributed by atoms with van der Waals surface area (Å²) in [6.45, 7) is 0. The average Bonchev–Trinajstić information content (AvgIpc) is 2.86. The van der Waals surface area contributed by atoms with Crippen LogP contribution >= 0.6 is 11.8 Å². The van der Waals surface area contributed by atoms with Gasteiger partial charge in [-0.25, -0.2) is 4.79 Å². The van der Waals surface area contributed by atoms with Crippen molar-refractivity contribution in [3.05, 3.63) is 70.8 Å². The van der Waals surface area contributed by atoms with Gasteiger partial charge in [0.25, 0.3) is 11.8 Å². The van der Waals surface area contributed by atoms with Crippen molar-refractivity contribution >= 4 is 29.5 Å². The van der Waals surface area contributed by atoms with E-state index in [0.717, 1.165) is 23.3 Å². The van der Waals surface area contributed by atoms with Crippen molar-refractivity contribution in [2.75, 3.05) is 5.75 Å². The van der Waals surface area contributed by atoms with E-state index in [1.54, 1.807) is 24.3 Å². The van der Waals surface area contributed by atoms with Gasteiger partial charge in [0, 0.05) is 0 Å². The summed E-state index contributed by atoms with van der Waals surface area (Å²) in [5.41, 5.74) is 2.50. The summed E-state index contributed by atoms with van der Waals surface area (Å²) in [6.07, 6.45) is 0.887. The molecule has 0 saturated heterocycles. The topological polar surface area (TPSA) is 63.7 Å². The molecule has 1 unspecified atom stereocenters. The van der Waals surface area contributed by atoms with Crippen LogP contribution in [-0.2, 0) is 16.1 Å². The lowest BCUT2D eigenvalue weighted by Gasteiger charge is -2.24. The fourth-order valence-electron chi connectivity index (χ4n) is 2.98. The van der Waals surface area contributed by atoms with Crippen LogP contribution in [0.5, 0.6) is 0 Å². The van der Waals surface area contributed by atoms with E-state index in [1.165, 1.54) is 11.8 Å². The Kier molecular flexibility index (Phi) is 3.61. The van der Waals surface area contributed by atoms with E-state index in [1.807, 2.05) is 24.3 Å². The first-order chi connectivity index (χ1) is 11.7. The molecular weight excluding hydrogens is 326 g/mol. The van der Waals surface area contributed by atoms with E-state index in [4.69, 9.17) is 4.84 Å². The van der Waals surface area contributed by atoms with Gasteiger partial charge in [0.1, 0.15) is 5.25 Å². The van der Waals surface area contributed by atoms with Crippen LogP contribution in [0.25, 0.3) is 0 Å². The molecule has 0 bridgehead atoms. The van der Waals surface area contributed by atoms with Gasteiger partial charge in [0.05, 0.1) is 11.1 Å². The maximum atomic E-state index is 12.6. The normalized spacial score (nSPS) is 19.0. The third kappa shape index (κ3) is 2.30. The monoisotopic (exact) mass is 339 g/mol. The van der Waals surface area contributed by atoms with Crippen molar-refractivity contribution in [2.45, 2.75) is 11.7 Å². The van der Waals surface area contributed by atoms with Crippen LogP contribution < -0.4 is 0 Å². The summed E-state index contributed by atoms with van der Waals surface area (Å²) in [4.78, 5) is 42.3. The van der Waals surface area contributed by atoms with Crippen LogP contribution in [0.1, 0.15) is 37.1 Å². The summed E-state index contributed by atoms with van der Waals surface area (Å²) in [5, 5.41) is 0.0457. The van der Waals surface area contributed by atoms with E-state index in [2.05, 4.69) is 0 Å². The highest BCUT2D eigenvalue weighted by Crippen LogP contribution is 2.38. The maximum absolute atomic E-state index is 12.6. The molecule has 0 spiro atoms. The minimum Gasteiger partial charge on any atom is -0.328 e. The number of thioether (sulfide) groups is 1. The van der Waals surface area contributed by atoms with Crippen LogP contribution in [0.2, 0.25) is 0 Å². The summed E-state index contributed by atoms with van der Waals surface area (Å²) in [7, 11) is 0. The quantitative estimate of drug-likeness (QED) is 0.787. The number of aryl methyl sites for hydroxylation is 1. The summed E-state index contributed by atoms with van der Waals surface area (Å²) in [6, 6.07) is 14.1. The lowest BCUT2D eigenvalue weighted by molar-refractivity contribution is -0.168. The number of imide groups is 1. The smallest absolute Gasteiger partial charge is 0.328 e. The highest BCUT2D eigenvalue weighted by Gasteiger charge is 2.40. The predicted molar refractivity (Wildman–Crippen MR) is 88.4 cm³/mol. The third-order valence-corrected chi connectivity index (χ3v) is 5.37. The van der Waals surface area contributed by atoms with Gasteiger partial charge in [-0.1, -0.05) is 41.5 Å². The molecule has 5 nitrogen and oxygen atoms in total. The molecule has 2 aromatic carbocycles. The largest absolute Gasteiger partial charge is 0.350 e. The molecule has 0 radical (unpaired) electrons. The standard InChI is InChI=1S/C18H13NO4S/c20-16-13-7-3-4-8-14(13)17(21)19(16)23-18(22)15-12-6-2-1-5-11(12)9-10-24-15/h1-8,15H,9-10H2. The van der Waals surface area contributed by atoms with Gasteiger partial charge < -0.3 is 4.84 Å². The Balaban J connectivity index is 1.58. The number of hydrogen-bond donors (Lipinski definition) is 0. The van der Waals surface area contributed by atoms with Crippen molar-refractivity contribution in [2.24, 2.45) is 0 Å². The molecule has 0 aliphatic carbocycles. The Bertz CT molecular complexity index is 829. The van der Waals surface area contributed by atoms with Gasteiger partial charge in [-0.15, -0.1) is 11.8 Å². The zero-order chi connectivity index (χ0) is 16.7. The third-order valence-electron chi connectivity index (χ3n) is 4.15. The molecule has 2 aromatic rings. The van der Waals surface area contributed by atoms with E-state index < -0.39 is 23.0 Å². The minimum atomic E-state index is -0.599. The van der Waals surface area contributed by atoms with Gasteiger partial charge in [-0.3, -0.25) is 9.59 Å². The number of carbonyl (C=O) groups is 3. The van der Waals surface area contributed by atoms with Crippen molar-refractivity contribution in [1.82, 2.24) is 5.06 Å². The van der Waals surface area contributed by atoms with E-state index >= 15 is 0 Å². The molecule has 4 rings (SSSR count). The lowest BCUT2D eigenvalue weighted by Crippen LogP contribution is -2.34. The highest BCUT2D eigenvalue weighted by molar-refractivity contribution is 8.00. The van der Waals surface area contributed by atoms with E-state index in [9.17, 15) is 14.4 Å². The number of carbonyl (C=O) groups excluding carboxylic acids is 3. The second kappa shape index (κ2) is 5.79. The Hall–Kier alpha value is -2.60. The van der Waals surface area contributed by atoms with Crippen molar-refractivity contribution in [1.29, 1.82) is 0 Å². The van der Waals surface area contributed by atoms with Gasteiger partial charge in [-0.2, -0.15) is 0 Å². The van der Waals surface area contributed by atoms with E-state index in [0.29, 0.717) is 5.06 Å². The van der Waals surface area contributed by atoms with Crippen LogP contribution in [0.15, 0.2) is 48.5 Å². The molecule has 1 atom stereocenters. The molecule has 6 heteroatoms. The maximum Gasteiger partial charge on any atom is 0.350 e. The SMILES string of the molecule is O=C(ON1C(=O)c2ccccc2C1=O)C1SCCc2ccccc21. The Morgan fingerprint density at radius 3 is 2.33 bits per heavy atom. The summed E-state index contributed by atoms with van der Waals surface area (Å²) < 4.78 is 0. The van der Waals surface area contributed by atoms with Crippen LogP contribution in [0.3, 0.4) is 0 Å². The van der Waals surface area contributed by atoms with Crippen molar-refractivity contribution < 1.29 is 19.2 Å². The first-order valence-corrected chi connectivity index (χ1v) is 8.61. The molecule has 0 N–H and O–H groups in total. The first-order valence-electron chi connectivity index (χ1n) is 7.56. The highest BCUT2D eigenvalue weighted by atomic mass is 32.2. The molecule has 2 amide bonds. The van der Waals surface area contributed by atoms with Gasteiger partial charge in [0.15, 0.2) is 0 Å². The number of fused-ring (bicyclic) bond motifs is 2. The van der Waals surface area contributed by atoms with Crippen LogP contribution in [0, 0.1) is 0 Å².